The first kappa shape index (κ1) is 5.78. The maximum Gasteiger partial charge on any atom is -0.00375 e. The van der Waals surface area contributed by atoms with E-state index in [1.165, 1.54) is 0 Å². The monoisotopic (exact) mass is 108 g/mol. The summed E-state index contributed by atoms with van der Waals surface area (Å²) >= 11 is 3.99. The molecule has 0 aliphatic heterocycles. The topological polar surface area (TPSA) is 0 Å². The van der Waals surface area contributed by atoms with Crippen molar-refractivity contribution in [3.63, 3.8) is 0 Å². The van der Waals surface area contributed by atoms with E-state index in [0.29, 0.717) is 5.66 Å². The van der Waals surface area contributed by atoms with Crippen LogP contribution in [0.1, 0.15) is 6.92 Å². The van der Waals surface area contributed by atoms with Gasteiger partial charge in [-0.1, -0.05) is 6.92 Å². The fraction of sp³-hybridized carbons (Fsp3) is 1.00. The summed E-state index contributed by atoms with van der Waals surface area (Å²) < 4.78 is 0. The maximum absolute atomic E-state index is 3.99. The standard InChI is InChI=1S/C3H9PS/c1-3(4)2-5/h3,5H,2,4H2,1H3. The Morgan fingerprint density at radius 1 is 2.00 bits per heavy atom. The SMILES string of the molecule is CC(P)CS. The molecule has 0 nitrogen and oxygen atoms in total. The lowest BCUT2D eigenvalue weighted by Gasteiger charge is -1.89. The molecule has 2 heteroatoms. The molecule has 0 amide bonds. The van der Waals surface area contributed by atoms with Crippen LogP contribution in [0.5, 0.6) is 0 Å². The van der Waals surface area contributed by atoms with E-state index < -0.39 is 0 Å². The Labute approximate surface area is 41.0 Å². The van der Waals surface area contributed by atoms with Crippen molar-refractivity contribution in [1.82, 2.24) is 0 Å². The maximum atomic E-state index is 3.99. The molecule has 0 radical (unpaired) electrons. The van der Waals surface area contributed by atoms with Crippen LogP contribution in [0, 0.1) is 0 Å². The van der Waals surface area contributed by atoms with Crippen molar-refractivity contribution >= 4 is 21.9 Å². The molecule has 0 fully saturated rings. The molecule has 0 N–H and O–H groups in total. The largest absolute Gasteiger partial charge is 0.179 e. The molecule has 0 aliphatic carbocycles. The lowest BCUT2D eigenvalue weighted by molar-refractivity contribution is 1.14. The van der Waals surface area contributed by atoms with E-state index in [0.717, 1.165) is 5.75 Å². The van der Waals surface area contributed by atoms with Crippen molar-refractivity contribution < 1.29 is 0 Å². The second kappa shape index (κ2) is 2.99. The average Bonchev–Trinajstić information content (AvgIpc) is 1.38. The Hall–Kier alpha value is 0.780. The first-order valence-corrected chi connectivity index (χ1v) is 2.93. The van der Waals surface area contributed by atoms with E-state index in [1.54, 1.807) is 0 Å². The summed E-state index contributed by atoms with van der Waals surface area (Å²) in [6, 6.07) is 0. The van der Waals surface area contributed by atoms with Crippen LogP contribution >= 0.6 is 21.9 Å². The second-order valence-corrected chi connectivity index (χ2v) is 2.66. The fourth-order valence-corrected chi connectivity index (χ4v) is 0. The van der Waals surface area contributed by atoms with Crippen LogP contribution in [0.3, 0.4) is 0 Å². The van der Waals surface area contributed by atoms with E-state index in [2.05, 4.69) is 28.8 Å². The molecule has 0 aromatic heterocycles. The van der Waals surface area contributed by atoms with Crippen LogP contribution in [0.25, 0.3) is 0 Å². The summed E-state index contributed by atoms with van der Waals surface area (Å²) in [5.74, 6) is 0.963. The quantitative estimate of drug-likeness (QED) is 0.378. The molecule has 0 heterocycles. The number of hydrogen-bond donors (Lipinski definition) is 1. The van der Waals surface area contributed by atoms with Gasteiger partial charge in [-0.3, -0.25) is 0 Å². The van der Waals surface area contributed by atoms with Gasteiger partial charge in [0.25, 0.3) is 0 Å². The summed E-state index contributed by atoms with van der Waals surface area (Å²) in [5.41, 5.74) is 0.665. The van der Waals surface area contributed by atoms with E-state index in [-0.39, 0.29) is 0 Å². The smallest absolute Gasteiger partial charge is 0.00375 e. The van der Waals surface area contributed by atoms with Crippen molar-refractivity contribution in [2.45, 2.75) is 12.6 Å². The van der Waals surface area contributed by atoms with Crippen molar-refractivity contribution in [2.24, 2.45) is 0 Å². The van der Waals surface area contributed by atoms with E-state index in [9.17, 15) is 0 Å². The molecule has 0 saturated carbocycles. The van der Waals surface area contributed by atoms with E-state index in [4.69, 9.17) is 0 Å². The van der Waals surface area contributed by atoms with Gasteiger partial charge in [0.15, 0.2) is 0 Å². The third kappa shape index (κ3) is 4.78. The predicted molar refractivity (Wildman–Crippen MR) is 33.0 cm³/mol. The van der Waals surface area contributed by atoms with Gasteiger partial charge in [-0.25, -0.2) is 0 Å². The molecular weight excluding hydrogens is 99.1 g/mol. The van der Waals surface area contributed by atoms with Gasteiger partial charge in [0.05, 0.1) is 0 Å². The number of rotatable bonds is 1. The summed E-state index contributed by atoms with van der Waals surface area (Å²) in [5, 5.41) is 0. The van der Waals surface area contributed by atoms with Crippen LogP contribution < -0.4 is 0 Å². The van der Waals surface area contributed by atoms with Gasteiger partial charge < -0.3 is 0 Å². The summed E-state index contributed by atoms with van der Waals surface area (Å²) in [7, 11) is 2.66. The Balaban J connectivity index is 2.54. The van der Waals surface area contributed by atoms with E-state index in [1.807, 2.05) is 0 Å². The zero-order chi connectivity index (χ0) is 4.28. The second-order valence-electron chi connectivity index (χ2n) is 1.16. The number of thiol groups is 1. The molecule has 0 rings (SSSR count). The third-order valence-electron chi connectivity index (χ3n) is 0.288. The van der Waals surface area contributed by atoms with E-state index >= 15 is 0 Å². The van der Waals surface area contributed by atoms with Crippen molar-refractivity contribution in [3.05, 3.63) is 0 Å². The highest BCUT2D eigenvalue weighted by Gasteiger charge is 1.80. The predicted octanol–water partition coefficient (Wildman–Crippen LogP) is 1.18. The first-order valence-electron chi connectivity index (χ1n) is 1.64. The van der Waals surface area contributed by atoms with Crippen molar-refractivity contribution in [3.8, 4) is 0 Å². The van der Waals surface area contributed by atoms with Gasteiger partial charge in [0, 0.05) is 0 Å². The summed E-state index contributed by atoms with van der Waals surface area (Å²) in [4.78, 5) is 0. The molecule has 0 aromatic carbocycles. The molecule has 0 bridgehead atoms. The van der Waals surface area contributed by atoms with Crippen LogP contribution in [-0.4, -0.2) is 11.4 Å². The molecule has 2 unspecified atom stereocenters. The minimum atomic E-state index is 0.665. The molecule has 0 saturated heterocycles. The highest BCUT2D eigenvalue weighted by atomic mass is 32.1. The van der Waals surface area contributed by atoms with Crippen LogP contribution in [0.2, 0.25) is 0 Å². The average molecular weight is 108 g/mol. The Bertz CT molecular complexity index is 20.9. The van der Waals surface area contributed by atoms with Crippen molar-refractivity contribution in [1.29, 1.82) is 0 Å². The minimum Gasteiger partial charge on any atom is -0.179 e. The van der Waals surface area contributed by atoms with Crippen molar-refractivity contribution in [2.75, 3.05) is 5.75 Å². The van der Waals surface area contributed by atoms with Gasteiger partial charge in [-0.2, -0.15) is 12.6 Å². The van der Waals surface area contributed by atoms with Gasteiger partial charge in [0.1, 0.15) is 0 Å². The zero-order valence-electron chi connectivity index (χ0n) is 3.31. The zero-order valence-corrected chi connectivity index (χ0v) is 5.36. The molecule has 0 spiro atoms. The van der Waals surface area contributed by atoms with Crippen LogP contribution in [0.4, 0.5) is 0 Å². The van der Waals surface area contributed by atoms with Gasteiger partial charge in [0.2, 0.25) is 0 Å². The Morgan fingerprint density at radius 2 is 2.20 bits per heavy atom. The van der Waals surface area contributed by atoms with Crippen LogP contribution in [-0.2, 0) is 0 Å². The lowest BCUT2D eigenvalue weighted by Crippen LogP contribution is -1.86. The molecule has 0 aliphatic rings. The number of hydrogen-bond acceptors (Lipinski definition) is 1. The molecule has 0 aromatic rings. The minimum absolute atomic E-state index is 0.665. The van der Waals surface area contributed by atoms with Gasteiger partial charge >= 0.3 is 0 Å². The molecule has 32 valence electrons. The summed E-state index contributed by atoms with van der Waals surface area (Å²) in [6.07, 6.45) is 0. The molecule has 2 atom stereocenters. The molecular formula is C3H9PS. The first-order chi connectivity index (χ1) is 2.27. The Kier molecular flexibility index (Phi) is 3.46. The van der Waals surface area contributed by atoms with Gasteiger partial charge in [-0.05, 0) is 11.4 Å². The highest BCUT2D eigenvalue weighted by Crippen LogP contribution is 1.97. The lowest BCUT2D eigenvalue weighted by atomic mass is 10.6. The summed E-state index contributed by atoms with van der Waals surface area (Å²) in [6.45, 7) is 2.11. The Morgan fingerprint density at radius 3 is 2.20 bits per heavy atom. The fourth-order valence-electron chi connectivity index (χ4n) is 0. The molecule has 5 heavy (non-hydrogen) atoms. The van der Waals surface area contributed by atoms with Gasteiger partial charge in [-0.15, -0.1) is 9.24 Å². The van der Waals surface area contributed by atoms with Crippen LogP contribution in [0.15, 0.2) is 0 Å². The highest BCUT2D eigenvalue weighted by molar-refractivity contribution is 7.80. The third-order valence-corrected chi connectivity index (χ3v) is 1.50. The normalized spacial score (nSPS) is 15.0.